The molecule has 0 saturated carbocycles. The molecule has 1 fully saturated rings. The van der Waals surface area contributed by atoms with Crippen molar-refractivity contribution in [3.05, 3.63) is 71.3 Å². The van der Waals surface area contributed by atoms with Crippen LogP contribution in [0.5, 0.6) is 5.75 Å². The van der Waals surface area contributed by atoms with Gasteiger partial charge in [-0.3, -0.25) is 9.69 Å². The van der Waals surface area contributed by atoms with Crippen LogP contribution in [0.2, 0.25) is 0 Å². The van der Waals surface area contributed by atoms with E-state index in [4.69, 9.17) is 9.84 Å². The fraction of sp³-hybridized carbons (Fsp3) is 0.360. The van der Waals surface area contributed by atoms with Crippen LogP contribution < -0.4 is 10.1 Å². The van der Waals surface area contributed by atoms with E-state index in [1.54, 1.807) is 6.08 Å². The number of carbonyl (C=O) groups excluding carboxylic acids is 1. The summed E-state index contributed by atoms with van der Waals surface area (Å²) in [5.74, 6) is -0.302. The Kier molecular flexibility index (Phi) is 6.09. The van der Waals surface area contributed by atoms with Crippen LogP contribution in [0.4, 0.5) is 0 Å². The standard InChI is InChI=1S/C25H28N2O4/c1-18(28)26-22-16-25(11-13-27(14-12-25)17-20-5-3-2-4-6-20)31-23-9-7-19(15-21(22)23)8-10-24(29)30/h2-10,15,22H,11-14,16-17H2,1H3,(H,26,28)(H,29,30). The van der Waals surface area contributed by atoms with Crippen molar-refractivity contribution in [1.82, 2.24) is 10.2 Å². The van der Waals surface area contributed by atoms with Crippen LogP contribution in [0.1, 0.15) is 48.9 Å². The second kappa shape index (κ2) is 8.94. The molecule has 1 unspecified atom stereocenters. The van der Waals surface area contributed by atoms with E-state index in [1.165, 1.54) is 12.5 Å². The van der Waals surface area contributed by atoms with Gasteiger partial charge in [-0.05, 0) is 42.2 Å². The number of benzene rings is 2. The summed E-state index contributed by atoms with van der Waals surface area (Å²) in [6, 6.07) is 16.0. The second-order valence-corrected chi connectivity index (χ2v) is 8.47. The highest BCUT2D eigenvalue weighted by Crippen LogP contribution is 2.44. The van der Waals surface area contributed by atoms with E-state index in [0.29, 0.717) is 6.42 Å². The molecule has 2 heterocycles. The molecule has 2 aliphatic heterocycles. The number of carbonyl (C=O) groups is 2. The summed E-state index contributed by atoms with van der Waals surface area (Å²) in [7, 11) is 0. The molecule has 31 heavy (non-hydrogen) atoms. The summed E-state index contributed by atoms with van der Waals surface area (Å²) < 4.78 is 6.53. The first-order chi connectivity index (χ1) is 14.9. The molecule has 4 rings (SSSR count). The average molecular weight is 421 g/mol. The summed E-state index contributed by atoms with van der Waals surface area (Å²) in [6.45, 7) is 4.34. The second-order valence-electron chi connectivity index (χ2n) is 8.47. The SMILES string of the molecule is CC(=O)NC1CC2(CCN(Cc3ccccc3)CC2)Oc2ccc(C=CC(=O)O)cc21. The van der Waals surface area contributed by atoms with E-state index < -0.39 is 5.97 Å². The molecule has 1 saturated heterocycles. The van der Waals surface area contributed by atoms with Crippen LogP contribution in [0.3, 0.4) is 0 Å². The third kappa shape index (κ3) is 5.14. The number of hydrogen-bond acceptors (Lipinski definition) is 4. The number of amides is 1. The predicted octanol–water partition coefficient (Wildman–Crippen LogP) is 3.78. The third-order valence-electron chi connectivity index (χ3n) is 6.12. The van der Waals surface area contributed by atoms with Gasteiger partial charge in [0.25, 0.3) is 0 Å². The number of likely N-dealkylation sites (tertiary alicyclic amines) is 1. The van der Waals surface area contributed by atoms with Gasteiger partial charge in [0.2, 0.25) is 5.91 Å². The highest BCUT2D eigenvalue weighted by atomic mass is 16.5. The van der Waals surface area contributed by atoms with Crippen LogP contribution in [-0.2, 0) is 16.1 Å². The topological polar surface area (TPSA) is 78.9 Å². The maximum atomic E-state index is 11.9. The molecule has 2 aromatic carbocycles. The molecule has 0 bridgehead atoms. The fourth-order valence-corrected chi connectivity index (χ4v) is 4.60. The molecule has 6 nitrogen and oxygen atoms in total. The number of rotatable bonds is 5. The van der Waals surface area contributed by atoms with Crippen LogP contribution in [0.15, 0.2) is 54.6 Å². The number of piperidine rings is 1. The minimum atomic E-state index is -0.992. The molecule has 0 radical (unpaired) electrons. The van der Waals surface area contributed by atoms with Gasteiger partial charge in [0, 0.05) is 44.6 Å². The van der Waals surface area contributed by atoms with Crippen LogP contribution in [-0.4, -0.2) is 40.6 Å². The largest absolute Gasteiger partial charge is 0.487 e. The number of hydrogen-bond donors (Lipinski definition) is 2. The lowest BCUT2D eigenvalue weighted by molar-refractivity contribution is -0.131. The smallest absolute Gasteiger partial charge is 0.328 e. The number of fused-ring (bicyclic) bond motifs is 1. The van der Waals surface area contributed by atoms with E-state index in [-0.39, 0.29) is 17.6 Å². The summed E-state index contributed by atoms with van der Waals surface area (Å²) in [5, 5.41) is 12.0. The zero-order chi connectivity index (χ0) is 21.8. The van der Waals surface area contributed by atoms with Crippen molar-refractivity contribution >= 4 is 18.0 Å². The number of nitrogens with one attached hydrogen (secondary N) is 1. The van der Waals surface area contributed by atoms with Crippen LogP contribution in [0.25, 0.3) is 6.08 Å². The molecular formula is C25H28N2O4. The highest BCUT2D eigenvalue weighted by molar-refractivity contribution is 5.85. The molecule has 2 aliphatic rings. The Labute approximate surface area is 182 Å². The Hall–Kier alpha value is -3.12. The van der Waals surface area contributed by atoms with Crippen molar-refractivity contribution in [1.29, 1.82) is 0 Å². The average Bonchev–Trinajstić information content (AvgIpc) is 2.74. The first-order valence-corrected chi connectivity index (χ1v) is 10.7. The van der Waals surface area contributed by atoms with Crippen molar-refractivity contribution in [2.45, 2.75) is 44.4 Å². The van der Waals surface area contributed by atoms with Gasteiger partial charge in [0.15, 0.2) is 0 Å². The first-order valence-electron chi connectivity index (χ1n) is 10.7. The lowest BCUT2D eigenvalue weighted by Gasteiger charge is -2.47. The zero-order valence-corrected chi connectivity index (χ0v) is 17.7. The number of aliphatic carboxylic acids is 1. The van der Waals surface area contributed by atoms with Gasteiger partial charge in [-0.15, -0.1) is 0 Å². The molecule has 0 aromatic heterocycles. The normalized spacial score (nSPS) is 20.2. The molecular weight excluding hydrogens is 392 g/mol. The first kappa shape index (κ1) is 21.1. The zero-order valence-electron chi connectivity index (χ0n) is 17.7. The lowest BCUT2D eigenvalue weighted by Crippen LogP contribution is -2.52. The molecule has 6 heteroatoms. The summed E-state index contributed by atoms with van der Waals surface area (Å²) in [4.78, 5) is 25.2. The highest BCUT2D eigenvalue weighted by Gasteiger charge is 2.43. The Bertz CT molecular complexity index is 978. The monoisotopic (exact) mass is 420 g/mol. The van der Waals surface area contributed by atoms with Crippen molar-refractivity contribution in [2.24, 2.45) is 0 Å². The van der Waals surface area contributed by atoms with Gasteiger partial charge in [-0.25, -0.2) is 4.79 Å². The summed E-state index contributed by atoms with van der Waals surface area (Å²) in [6.07, 6.45) is 5.18. The molecule has 0 aliphatic carbocycles. The van der Waals surface area contributed by atoms with Crippen molar-refractivity contribution < 1.29 is 19.4 Å². The molecule has 1 spiro atoms. The molecule has 162 valence electrons. The minimum Gasteiger partial charge on any atom is -0.487 e. The maximum Gasteiger partial charge on any atom is 0.328 e. The molecule has 1 atom stereocenters. The van der Waals surface area contributed by atoms with E-state index in [2.05, 4.69) is 34.5 Å². The van der Waals surface area contributed by atoms with E-state index in [0.717, 1.165) is 55.4 Å². The molecule has 1 amide bonds. The fourth-order valence-electron chi connectivity index (χ4n) is 4.60. The molecule has 2 aromatic rings. The Morgan fingerprint density at radius 1 is 1.19 bits per heavy atom. The van der Waals surface area contributed by atoms with Gasteiger partial charge in [0.1, 0.15) is 11.4 Å². The van der Waals surface area contributed by atoms with Crippen LogP contribution >= 0.6 is 0 Å². The van der Waals surface area contributed by atoms with Gasteiger partial charge < -0.3 is 15.2 Å². The Balaban J connectivity index is 1.51. The van der Waals surface area contributed by atoms with E-state index in [1.807, 2.05) is 24.3 Å². The van der Waals surface area contributed by atoms with Crippen LogP contribution in [0, 0.1) is 0 Å². The van der Waals surface area contributed by atoms with E-state index in [9.17, 15) is 9.59 Å². The number of nitrogens with zero attached hydrogens (tertiary/aromatic N) is 1. The number of carboxylic acids is 1. The third-order valence-corrected chi connectivity index (χ3v) is 6.12. The summed E-state index contributed by atoms with van der Waals surface area (Å²) >= 11 is 0. The van der Waals surface area contributed by atoms with Crippen molar-refractivity contribution in [3.63, 3.8) is 0 Å². The quantitative estimate of drug-likeness (QED) is 0.720. The van der Waals surface area contributed by atoms with Gasteiger partial charge in [0.05, 0.1) is 6.04 Å². The van der Waals surface area contributed by atoms with E-state index >= 15 is 0 Å². The maximum absolute atomic E-state index is 11.9. The number of ether oxygens (including phenoxy) is 1. The van der Waals surface area contributed by atoms with Crippen molar-refractivity contribution in [2.75, 3.05) is 13.1 Å². The summed E-state index contributed by atoms with van der Waals surface area (Å²) in [5.41, 5.74) is 2.69. The Morgan fingerprint density at radius 3 is 2.61 bits per heavy atom. The minimum absolute atomic E-state index is 0.0824. The molecule has 2 N–H and O–H groups in total. The van der Waals surface area contributed by atoms with Gasteiger partial charge >= 0.3 is 5.97 Å². The van der Waals surface area contributed by atoms with Gasteiger partial charge in [-0.2, -0.15) is 0 Å². The number of carboxylic acid groups (broad SMARTS) is 1. The Morgan fingerprint density at radius 2 is 1.94 bits per heavy atom. The van der Waals surface area contributed by atoms with Gasteiger partial charge in [-0.1, -0.05) is 36.4 Å². The van der Waals surface area contributed by atoms with Crippen molar-refractivity contribution in [3.8, 4) is 5.75 Å². The predicted molar refractivity (Wildman–Crippen MR) is 119 cm³/mol. The lowest BCUT2D eigenvalue weighted by atomic mass is 9.80.